The Labute approximate surface area is 176 Å². The van der Waals surface area contributed by atoms with Gasteiger partial charge >= 0.3 is 13.4 Å². The van der Waals surface area contributed by atoms with Crippen molar-refractivity contribution in [3.05, 3.63) is 57.1 Å². The van der Waals surface area contributed by atoms with Gasteiger partial charge in [0.15, 0.2) is 0 Å². The first-order chi connectivity index (χ1) is 14.4. The van der Waals surface area contributed by atoms with E-state index in [9.17, 15) is 14.7 Å². The maximum Gasteiger partial charge on any atom is 0.346 e. The normalized spacial score (nSPS) is 16.7. The monoisotopic (exact) mass is 446 g/mol. The van der Waals surface area contributed by atoms with Gasteiger partial charge in [-0.1, -0.05) is 0 Å². The summed E-state index contributed by atoms with van der Waals surface area (Å²) in [5.74, 6) is 0.612. The van der Waals surface area contributed by atoms with Crippen molar-refractivity contribution >= 4 is 34.9 Å². The summed E-state index contributed by atoms with van der Waals surface area (Å²) in [5.41, 5.74) is 1.39. The number of benzene rings is 2. The van der Waals surface area contributed by atoms with Gasteiger partial charge < -0.3 is 9.26 Å². The Morgan fingerprint density at radius 2 is 1.90 bits per heavy atom. The number of thiazole rings is 1. The number of nitro groups is 1. The van der Waals surface area contributed by atoms with Crippen molar-refractivity contribution < 1.29 is 18.7 Å². The van der Waals surface area contributed by atoms with Crippen molar-refractivity contribution in [1.82, 2.24) is 14.3 Å². The lowest BCUT2D eigenvalue weighted by molar-refractivity contribution is -0.385. The summed E-state index contributed by atoms with van der Waals surface area (Å²) in [4.78, 5) is 15.4. The fourth-order valence-corrected chi connectivity index (χ4v) is 6.23. The lowest BCUT2D eigenvalue weighted by Crippen LogP contribution is -2.08. The average molecular weight is 446 g/mol. The lowest BCUT2D eigenvalue weighted by Gasteiger charge is -2.19. The molecular formula is C19H19N4O5PS. The minimum atomic E-state index is -2.96. The summed E-state index contributed by atoms with van der Waals surface area (Å²) >= 11 is 1.53. The van der Waals surface area contributed by atoms with E-state index in [4.69, 9.17) is 9.26 Å². The van der Waals surface area contributed by atoms with Gasteiger partial charge in [-0.25, -0.2) is 14.3 Å². The summed E-state index contributed by atoms with van der Waals surface area (Å²) in [6.07, 6.45) is 0. The zero-order valence-corrected chi connectivity index (χ0v) is 17.9. The van der Waals surface area contributed by atoms with E-state index in [0.29, 0.717) is 11.3 Å². The second kappa shape index (κ2) is 7.40. The van der Waals surface area contributed by atoms with Crippen molar-refractivity contribution in [2.75, 3.05) is 26.2 Å². The average Bonchev–Trinajstić information content (AvgIpc) is 3.61. The number of hydrogen-bond acceptors (Lipinski definition) is 7. The van der Waals surface area contributed by atoms with Crippen LogP contribution in [-0.4, -0.2) is 45.4 Å². The molecule has 2 saturated heterocycles. The van der Waals surface area contributed by atoms with Crippen LogP contribution in [-0.2, 0) is 15.7 Å². The first-order valence-electron chi connectivity index (χ1n) is 9.50. The van der Waals surface area contributed by atoms with Crippen molar-refractivity contribution in [1.29, 1.82) is 0 Å². The maximum absolute atomic E-state index is 13.1. The van der Waals surface area contributed by atoms with Gasteiger partial charge in [0.05, 0.1) is 26.8 Å². The number of nitro benzene ring substituents is 1. The summed E-state index contributed by atoms with van der Waals surface area (Å²) in [6, 6.07) is 9.97. The van der Waals surface area contributed by atoms with Gasteiger partial charge in [-0.3, -0.25) is 14.7 Å². The predicted octanol–water partition coefficient (Wildman–Crippen LogP) is 4.56. The molecule has 3 aromatic rings. The SMILES string of the molecule is Cc1nc2ccc(Oc3cc(COP(=O)(N4CC4)N4CC4)ccc3[N+](=O)[O-])cc2s1. The van der Waals surface area contributed by atoms with Crippen molar-refractivity contribution in [2.24, 2.45) is 0 Å². The second-order valence-electron chi connectivity index (χ2n) is 7.20. The number of nitrogens with zero attached hydrogens (tertiary/aromatic N) is 4. The molecule has 0 aliphatic carbocycles. The standard InChI is InChI=1S/C19H19N4O5PS/c1-13-20-16-4-3-15(11-19(16)30-13)28-18-10-14(2-5-17(18)23(24)25)12-27-29(26,21-6-7-21)22-8-9-22/h2-5,10-11H,6-9,12H2,1H3. The lowest BCUT2D eigenvalue weighted by atomic mass is 10.2. The Hall–Kier alpha value is -2.36. The van der Waals surface area contributed by atoms with Gasteiger partial charge in [0, 0.05) is 38.3 Å². The molecule has 0 bridgehead atoms. The zero-order valence-electron chi connectivity index (χ0n) is 16.2. The number of hydrogen-bond donors (Lipinski definition) is 0. The molecule has 1 aromatic heterocycles. The zero-order chi connectivity index (χ0) is 20.9. The minimum Gasteiger partial charge on any atom is -0.450 e. The van der Waals surface area contributed by atoms with E-state index in [1.165, 1.54) is 17.4 Å². The van der Waals surface area contributed by atoms with E-state index in [2.05, 4.69) is 4.98 Å². The summed E-state index contributed by atoms with van der Waals surface area (Å²) in [5, 5.41) is 12.4. The first-order valence-corrected chi connectivity index (χ1v) is 11.8. The molecule has 0 atom stereocenters. The highest BCUT2D eigenvalue weighted by molar-refractivity contribution is 7.54. The highest BCUT2D eigenvalue weighted by Crippen LogP contribution is 2.61. The molecule has 0 saturated carbocycles. The summed E-state index contributed by atoms with van der Waals surface area (Å²) in [7, 11) is -2.96. The molecule has 0 radical (unpaired) electrons. The van der Waals surface area contributed by atoms with Crippen LogP contribution in [0.2, 0.25) is 0 Å². The van der Waals surface area contributed by atoms with E-state index in [-0.39, 0.29) is 18.0 Å². The van der Waals surface area contributed by atoms with Crippen LogP contribution in [0.15, 0.2) is 36.4 Å². The maximum atomic E-state index is 13.1. The van der Waals surface area contributed by atoms with Gasteiger partial charge in [0.25, 0.3) is 0 Å². The van der Waals surface area contributed by atoms with Crippen LogP contribution < -0.4 is 4.74 Å². The van der Waals surface area contributed by atoms with E-state index < -0.39 is 12.6 Å². The van der Waals surface area contributed by atoms with Gasteiger partial charge in [0.1, 0.15) is 5.75 Å². The third-order valence-electron chi connectivity index (χ3n) is 4.88. The van der Waals surface area contributed by atoms with E-state index in [0.717, 1.165) is 41.4 Å². The molecule has 0 amide bonds. The van der Waals surface area contributed by atoms with E-state index in [1.807, 2.05) is 28.4 Å². The van der Waals surface area contributed by atoms with Crippen LogP contribution in [0.1, 0.15) is 10.6 Å². The Balaban J connectivity index is 1.39. The van der Waals surface area contributed by atoms with Gasteiger partial charge in [-0.05, 0) is 36.8 Å². The van der Waals surface area contributed by atoms with E-state index >= 15 is 0 Å². The molecule has 11 heteroatoms. The fourth-order valence-electron chi connectivity index (χ4n) is 3.19. The highest BCUT2D eigenvalue weighted by Gasteiger charge is 2.49. The number of fused-ring (bicyclic) bond motifs is 1. The molecule has 156 valence electrons. The second-order valence-corrected chi connectivity index (χ2v) is 10.8. The summed E-state index contributed by atoms with van der Waals surface area (Å²) in [6.45, 7) is 5.08. The predicted molar refractivity (Wildman–Crippen MR) is 113 cm³/mol. The molecule has 2 aromatic carbocycles. The number of aromatic nitrogens is 1. The van der Waals surface area contributed by atoms with E-state index in [1.54, 1.807) is 18.2 Å². The third-order valence-corrected chi connectivity index (χ3v) is 8.51. The molecule has 5 rings (SSSR count). The Kier molecular flexibility index (Phi) is 4.83. The molecule has 0 spiro atoms. The van der Waals surface area contributed by atoms with Crippen LogP contribution in [0.4, 0.5) is 5.69 Å². The Bertz CT molecular complexity index is 1170. The first kappa shape index (κ1) is 19.6. The number of ether oxygens (including phenoxy) is 1. The van der Waals surface area contributed by atoms with Crippen LogP contribution in [0.5, 0.6) is 11.5 Å². The van der Waals surface area contributed by atoms with Crippen LogP contribution >= 0.6 is 19.0 Å². The molecule has 3 heterocycles. The molecule has 30 heavy (non-hydrogen) atoms. The van der Waals surface area contributed by atoms with Gasteiger partial charge in [-0.2, -0.15) is 0 Å². The molecule has 2 aliphatic heterocycles. The molecular weight excluding hydrogens is 427 g/mol. The smallest absolute Gasteiger partial charge is 0.346 e. The molecule has 0 unspecified atom stereocenters. The van der Waals surface area contributed by atoms with Gasteiger partial charge in [0.2, 0.25) is 5.75 Å². The Morgan fingerprint density at radius 1 is 1.17 bits per heavy atom. The highest BCUT2D eigenvalue weighted by atomic mass is 32.1. The van der Waals surface area contributed by atoms with Crippen LogP contribution in [0.25, 0.3) is 10.2 Å². The quantitative estimate of drug-likeness (QED) is 0.215. The van der Waals surface area contributed by atoms with Crippen molar-refractivity contribution in [3.8, 4) is 11.5 Å². The van der Waals surface area contributed by atoms with Crippen molar-refractivity contribution in [2.45, 2.75) is 13.5 Å². The fraction of sp³-hybridized carbons (Fsp3) is 0.316. The van der Waals surface area contributed by atoms with Gasteiger partial charge in [-0.15, -0.1) is 11.3 Å². The largest absolute Gasteiger partial charge is 0.450 e. The molecule has 0 N–H and O–H groups in total. The molecule has 2 aliphatic rings. The summed E-state index contributed by atoms with van der Waals surface area (Å²) < 4.78 is 29.4. The molecule has 9 nitrogen and oxygen atoms in total. The minimum absolute atomic E-state index is 0.0890. The topological polar surface area (TPSA) is 97.6 Å². The number of aryl methyl sites for hydroxylation is 1. The Morgan fingerprint density at radius 3 is 2.57 bits per heavy atom. The van der Waals surface area contributed by atoms with Crippen molar-refractivity contribution in [3.63, 3.8) is 0 Å². The number of rotatable bonds is 8. The molecule has 2 fully saturated rings. The van der Waals surface area contributed by atoms with Crippen LogP contribution in [0.3, 0.4) is 0 Å². The van der Waals surface area contributed by atoms with Crippen LogP contribution in [0, 0.1) is 17.0 Å². The third kappa shape index (κ3) is 3.84.